The Hall–Kier alpha value is -1.89. The van der Waals surface area contributed by atoms with E-state index in [0.717, 1.165) is 24.2 Å². The molecule has 2 heterocycles. The Morgan fingerprint density at radius 1 is 1.15 bits per heavy atom. The number of thiophene rings is 1. The topological polar surface area (TPSA) is 53.6 Å². The molecule has 0 bridgehead atoms. The third kappa shape index (κ3) is 5.06. The second-order valence-electron chi connectivity index (χ2n) is 6.54. The second kappa shape index (κ2) is 9.71. The van der Waals surface area contributed by atoms with Gasteiger partial charge in [-0.05, 0) is 48.5 Å². The molecule has 2 amide bonds. The van der Waals surface area contributed by atoms with Crippen molar-refractivity contribution in [3.63, 3.8) is 0 Å². The average Bonchev–Trinajstić information content (AvgIpc) is 3.36. The van der Waals surface area contributed by atoms with Crippen LogP contribution in [0.15, 0.2) is 41.8 Å². The highest BCUT2D eigenvalue weighted by atomic mass is 32.1. The number of hydrogen-bond acceptors (Lipinski definition) is 4. The maximum atomic E-state index is 12.3. The number of rotatable bonds is 8. The lowest BCUT2D eigenvalue weighted by Gasteiger charge is -2.27. The molecular weight excluding hydrogens is 346 g/mol. The maximum absolute atomic E-state index is 12.3. The number of benzene rings is 1. The number of nitrogens with one attached hydrogen (secondary N) is 2. The van der Waals surface area contributed by atoms with Gasteiger partial charge in [0.25, 0.3) is 0 Å². The van der Waals surface area contributed by atoms with Crippen LogP contribution in [0.2, 0.25) is 0 Å². The fourth-order valence-electron chi connectivity index (χ4n) is 3.40. The molecule has 1 aromatic heterocycles. The van der Waals surface area contributed by atoms with Gasteiger partial charge >= 0.3 is 6.03 Å². The first-order valence-electron chi connectivity index (χ1n) is 9.13. The minimum Gasteiger partial charge on any atom is -0.380 e. The Bertz CT molecular complexity index is 684. The lowest BCUT2D eigenvalue weighted by Crippen LogP contribution is -2.41. The summed E-state index contributed by atoms with van der Waals surface area (Å²) in [6.45, 7) is 3.90. The number of nitrogens with zero attached hydrogens (tertiary/aromatic N) is 1. The van der Waals surface area contributed by atoms with Gasteiger partial charge in [-0.3, -0.25) is 4.90 Å². The molecule has 0 spiro atoms. The maximum Gasteiger partial charge on any atom is 0.315 e. The average molecular weight is 374 g/mol. The van der Waals surface area contributed by atoms with Crippen LogP contribution >= 0.6 is 11.3 Å². The molecule has 140 valence electrons. The summed E-state index contributed by atoms with van der Waals surface area (Å²) in [6.07, 6.45) is 2.48. The molecule has 3 rings (SSSR count). The predicted molar refractivity (Wildman–Crippen MR) is 105 cm³/mol. The molecule has 1 fully saturated rings. The monoisotopic (exact) mass is 373 g/mol. The van der Waals surface area contributed by atoms with E-state index in [4.69, 9.17) is 4.74 Å². The third-order valence-electron chi connectivity index (χ3n) is 4.77. The molecule has 1 atom stereocenters. The lowest BCUT2D eigenvalue weighted by atomic mass is 10.1. The van der Waals surface area contributed by atoms with Gasteiger partial charge in [-0.2, -0.15) is 0 Å². The van der Waals surface area contributed by atoms with Crippen molar-refractivity contribution in [2.45, 2.75) is 32.0 Å². The van der Waals surface area contributed by atoms with Crippen molar-refractivity contribution >= 4 is 17.4 Å². The van der Waals surface area contributed by atoms with E-state index in [0.29, 0.717) is 19.7 Å². The van der Waals surface area contributed by atoms with Crippen LogP contribution in [0.1, 0.15) is 34.9 Å². The van der Waals surface area contributed by atoms with Crippen molar-refractivity contribution in [3.8, 4) is 0 Å². The first kappa shape index (κ1) is 18.9. The van der Waals surface area contributed by atoms with E-state index in [1.165, 1.54) is 17.7 Å². The standard InChI is InChI=1S/C20H27N3O2S/c1-25-15-17-8-3-2-7-16(17)13-21-20(24)22-14-18(19-9-6-12-26-19)23-10-4-5-11-23/h2-3,6-9,12,18H,4-5,10-11,13-15H2,1H3,(H2,21,22,24)/t18-/m0/s1. The molecule has 2 N–H and O–H groups in total. The van der Waals surface area contributed by atoms with Crippen molar-refractivity contribution in [1.82, 2.24) is 15.5 Å². The molecule has 2 aromatic rings. The normalized spacial score (nSPS) is 15.7. The van der Waals surface area contributed by atoms with Crippen LogP contribution in [0.5, 0.6) is 0 Å². The number of urea groups is 1. The summed E-state index contributed by atoms with van der Waals surface area (Å²) in [5.41, 5.74) is 2.18. The summed E-state index contributed by atoms with van der Waals surface area (Å²) < 4.78 is 5.22. The molecule has 1 saturated heterocycles. The molecule has 0 unspecified atom stereocenters. The van der Waals surface area contributed by atoms with Crippen LogP contribution in [-0.4, -0.2) is 37.7 Å². The fraction of sp³-hybridized carbons (Fsp3) is 0.450. The first-order chi connectivity index (χ1) is 12.8. The summed E-state index contributed by atoms with van der Waals surface area (Å²) in [7, 11) is 1.68. The fourth-order valence-corrected chi connectivity index (χ4v) is 4.26. The zero-order valence-corrected chi connectivity index (χ0v) is 16.1. The van der Waals surface area contributed by atoms with Crippen LogP contribution < -0.4 is 10.6 Å². The van der Waals surface area contributed by atoms with Gasteiger partial charge in [0.15, 0.2) is 0 Å². The van der Waals surface area contributed by atoms with Gasteiger partial charge < -0.3 is 15.4 Å². The van der Waals surface area contributed by atoms with E-state index >= 15 is 0 Å². The first-order valence-corrected chi connectivity index (χ1v) is 10.0. The van der Waals surface area contributed by atoms with E-state index in [1.807, 2.05) is 24.3 Å². The molecule has 5 nitrogen and oxygen atoms in total. The Morgan fingerprint density at radius 2 is 1.92 bits per heavy atom. The van der Waals surface area contributed by atoms with Crippen LogP contribution in [0.3, 0.4) is 0 Å². The number of carbonyl (C=O) groups excluding carboxylic acids is 1. The quantitative estimate of drug-likeness (QED) is 0.744. The smallest absolute Gasteiger partial charge is 0.315 e. The zero-order valence-electron chi connectivity index (χ0n) is 15.2. The van der Waals surface area contributed by atoms with Gasteiger partial charge in [0.1, 0.15) is 0 Å². The van der Waals surface area contributed by atoms with E-state index in [-0.39, 0.29) is 12.1 Å². The molecule has 6 heteroatoms. The summed E-state index contributed by atoms with van der Waals surface area (Å²) in [5, 5.41) is 8.12. The summed E-state index contributed by atoms with van der Waals surface area (Å²) in [6, 6.07) is 12.4. The van der Waals surface area contributed by atoms with Gasteiger partial charge in [0.05, 0.1) is 12.6 Å². The Balaban J connectivity index is 1.52. The van der Waals surface area contributed by atoms with E-state index in [9.17, 15) is 4.79 Å². The molecule has 0 saturated carbocycles. The van der Waals surface area contributed by atoms with E-state index in [1.54, 1.807) is 18.4 Å². The molecule has 0 aliphatic carbocycles. The SMILES string of the molecule is COCc1ccccc1CNC(=O)NC[C@@H](c1cccs1)N1CCCC1. The highest BCUT2D eigenvalue weighted by molar-refractivity contribution is 7.10. The molecular formula is C20H27N3O2S. The number of hydrogen-bond donors (Lipinski definition) is 2. The third-order valence-corrected chi connectivity index (χ3v) is 5.74. The Morgan fingerprint density at radius 3 is 2.62 bits per heavy atom. The van der Waals surface area contributed by atoms with Crippen LogP contribution in [0, 0.1) is 0 Å². The summed E-state index contributed by atoms with van der Waals surface area (Å²) in [5.74, 6) is 0. The minimum atomic E-state index is -0.127. The minimum absolute atomic E-state index is 0.127. The number of carbonyl (C=O) groups is 1. The van der Waals surface area contributed by atoms with Crippen molar-refractivity contribution < 1.29 is 9.53 Å². The van der Waals surface area contributed by atoms with Gasteiger partial charge in [0, 0.05) is 25.1 Å². The van der Waals surface area contributed by atoms with E-state index in [2.05, 4.69) is 33.0 Å². The van der Waals surface area contributed by atoms with Crippen LogP contribution in [-0.2, 0) is 17.9 Å². The van der Waals surface area contributed by atoms with Gasteiger partial charge in [-0.25, -0.2) is 4.79 Å². The van der Waals surface area contributed by atoms with Crippen LogP contribution in [0.25, 0.3) is 0 Å². The van der Waals surface area contributed by atoms with Gasteiger partial charge in [-0.15, -0.1) is 11.3 Å². The molecule has 26 heavy (non-hydrogen) atoms. The van der Waals surface area contributed by atoms with Gasteiger partial charge in [0.2, 0.25) is 0 Å². The van der Waals surface area contributed by atoms with Gasteiger partial charge in [-0.1, -0.05) is 30.3 Å². The number of ether oxygens (including phenoxy) is 1. The predicted octanol–water partition coefficient (Wildman–Crippen LogP) is 3.53. The highest BCUT2D eigenvalue weighted by Crippen LogP contribution is 2.27. The number of methoxy groups -OCH3 is 1. The Labute approximate surface area is 159 Å². The van der Waals surface area contributed by atoms with Crippen molar-refractivity contribution in [2.24, 2.45) is 0 Å². The van der Waals surface area contributed by atoms with Crippen LogP contribution in [0.4, 0.5) is 4.79 Å². The second-order valence-corrected chi connectivity index (χ2v) is 7.52. The van der Waals surface area contributed by atoms with E-state index < -0.39 is 0 Å². The van der Waals surface area contributed by atoms with Crippen molar-refractivity contribution in [2.75, 3.05) is 26.7 Å². The lowest BCUT2D eigenvalue weighted by molar-refractivity contribution is 0.184. The van der Waals surface area contributed by atoms with Crippen molar-refractivity contribution in [1.29, 1.82) is 0 Å². The van der Waals surface area contributed by atoms with Crippen molar-refractivity contribution in [3.05, 3.63) is 57.8 Å². The molecule has 0 radical (unpaired) electrons. The summed E-state index contributed by atoms with van der Waals surface area (Å²) >= 11 is 1.76. The molecule has 1 aliphatic rings. The molecule has 1 aliphatic heterocycles. The Kier molecular flexibility index (Phi) is 7.05. The largest absolute Gasteiger partial charge is 0.380 e. The molecule has 1 aromatic carbocycles. The number of amides is 2. The highest BCUT2D eigenvalue weighted by Gasteiger charge is 2.24. The number of likely N-dealkylation sites (tertiary alicyclic amines) is 1. The zero-order chi connectivity index (χ0) is 18.2. The summed E-state index contributed by atoms with van der Waals surface area (Å²) in [4.78, 5) is 16.1.